The molecule has 0 amide bonds. The third kappa shape index (κ3) is 6.31. The quantitative estimate of drug-likeness (QED) is 0.588. The third-order valence-corrected chi connectivity index (χ3v) is 6.47. The molecular formula is C20H33N3O2S. The normalized spacial score (nSPS) is 21.5. The van der Waals surface area contributed by atoms with Crippen molar-refractivity contribution < 1.29 is 8.42 Å². The van der Waals surface area contributed by atoms with Gasteiger partial charge in [-0.1, -0.05) is 38.3 Å². The monoisotopic (exact) mass is 379 g/mol. The van der Waals surface area contributed by atoms with Crippen molar-refractivity contribution in [1.82, 2.24) is 10.6 Å². The van der Waals surface area contributed by atoms with Gasteiger partial charge in [-0.2, -0.15) is 0 Å². The van der Waals surface area contributed by atoms with Crippen molar-refractivity contribution in [2.75, 3.05) is 19.8 Å². The second-order valence-corrected chi connectivity index (χ2v) is 9.64. The van der Waals surface area contributed by atoms with E-state index in [4.69, 9.17) is 0 Å². The van der Waals surface area contributed by atoms with Crippen LogP contribution in [-0.2, 0) is 16.4 Å². The first-order chi connectivity index (χ1) is 12.3. The lowest BCUT2D eigenvalue weighted by Crippen LogP contribution is -2.38. The van der Waals surface area contributed by atoms with Crippen molar-refractivity contribution in [2.45, 2.75) is 57.4 Å². The van der Waals surface area contributed by atoms with Gasteiger partial charge in [0.2, 0.25) is 0 Å². The predicted molar refractivity (Wildman–Crippen MR) is 108 cm³/mol. The lowest BCUT2D eigenvalue weighted by Gasteiger charge is -2.26. The van der Waals surface area contributed by atoms with Gasteiger partial charge in [0.15, 0.2) is 15.8 Å². The van der Waals surface area contributed by atoms with Crippen LogP contribution >= 0.6 is 0 Å². The summed E-state index contributed by atoms with van der Waals surface area (Å²) in [5, 5.41) is 6.70. The molecule has 6 heteroatoms. The maximum Gasteiger partial charge on any atom is 0.191 e. The number of rotatable bonds is 6. The van der Waals surface area contributed by atoms with Crippen molar-refractivity contribution in [2.24, 2.45) is 16.8 Å². The summed E-state index contributed by atoms with van der Waals surface area (Å²) in [6.45, 7) is 5.74. The number of aliphatic imine (C=N–C) groups is 1. The number of guanidine groups is 1. The minimum absolute atomic E-state index is 0.394. The molecule has 5 nitrogen and oxygen atoms in total. The number of nitrogens with zero attached hydrogens (tertiary/aromatic N) is 1. The van der Waals surface area contributed by atoms with Gasteiger partial charge >= 0.3 is 0 Å². The van der Waals surface area contributed by atoms with Crippen LogP contribution in [0.15, 0.2) is 28.1 Å². The predicted octanol–water partition coefficient (Wildman–Crippen LogP) is 3.28. The molecule has 2 rings (SSSR count). The summed E-state index contributed by atoms with van der Waals surface area (Å²) < 4.78 is 23.4. The molecule has 0 heterocycles. The van der Waals surface area contributed by atoms with Gasteiger partial charge in [-0.05, 0) is 48.8 Å². The molecule has 1 aromatic carbocycles. The number of benzene rings is 1. The molecule has 0 spiro atoms. The molecule has 0 radical (unpaired) electrons. The summed E-state index contributed by atoms with van der Waals surface area (Å²) in [6.07, 6.45) is 7.87. The van der Waals surface area contributed by atoms with Crippen LogP contribution < -0.4 is 10.6 Å². The molecule has 0 aromatic heterocycles. The van der Waals surface area contributed by atoms with Gasteiger partial charge in [-0.3, -0.25) is 4.99 Å². The van der Waals surface area contributed by atoms with Crippen molar-refractivity contribution in [3.05, 3.63) is 29.3 Å². The SMILES string of the molecule is CN=C(NCCC1CCCC(C)C1)NCc1ccc(S(C)(=O)=O)c(C)c1. The summed E-state index contributed by atoms with van der Waals surface area (Å²) in [6, 6.07) is 5.45. The Morgan fingerprint density at radius 3 is 2.65 bits per heavy atom. The molecule has 26 heavy (non-hydrogen) atoms. The summed E-state index contributed by atoms with van der Waals surface area (Å²) in [7, 11) is -1.40. The second-order valence-electron chi connectivity index (χ2n) is 7.65. The zero-order valence-corrected chi connectivity index (χ0v) is 17.3. The Morgan fingerprint density at radius 1 is 1.27 bits per heavy atom. The zero-order valence-electron chi connectivity index (χ0n) is 16.5. The lowest BCUT2D eigenvalue weighted by atomic mass is 9.81. The van der Waals surface area contributed by atoms with Crippen LogP contribution in [-0.4, -0.2) is 34.2 Å². The van der Waals surface area contributed by atoms with Crippen molar-refractivity contribution in [3.63, 3.8) is 0 Å². The molecule has 2 atom stereocenters. The average Bonchev–Trinajstić information content (AvgIpc) is 2.57. The highest BCUT2D eigenvalue weighted by Gasteiger charge is 2.18. The first kappa shape index (κ1) is 20.7. The van der Waals surface area contributed by atoms with Crippen molar-refractivity contribution in [3.8, 4) is 0 Å². The maximum atomic E-state index is 11.7. The minimum Gasteiger partial charge on any atom is -0.356 e. The fourth-order valence-electron chi connectivity index (χ4n) is 3.86. The van der Waals surface area contributed by atoms with E-state index in [1.807, 2.05) is 19.1 Å². The van der Waals surface area contributed by atoms with Gasteiger partial charge < -0.3 is 10.6 Å². The topological polar surface area (TPSA) is 70.6 Å². The standard InChI is InChI=1S/C20H33N3O2S/c1-15-6-5-7-17(12-15)10-11-22-20(21-3)23-14-18-8-9-19(16(2)13-18)26(4,24)25/h8-9,13,15,17H,5-7,10-12,14H2,1-4H3,(H2,21,22,23). The molecule has 1 saturated carbocycles. The van der Waals surface area contributed by atoms with Crippen molar-refractivity contribution >= 4 is 15.8 Å². The molecule has 1 aromatic rings. The molecule has 0 saturated heterocycles. The van der Waals surface area contributed by atoms with E-state index in [-0.39, 0.29) is 0 Å². The highest BCUT2D eigenvalue weighted by molar-refractivity contribution is 7.90. The van der Waals surface area contributed by atoms with Gasteiger partial charge in [0.05, 0.1) is 4.90 Å². The van der Waals surface area contributed by atoms with E-state index in [0.717, 1.165) is 35.5 Å². The lowest BCUT2D eigenvalue weighted by molar-refractivity contribution is 0.270. The Labute approximate surface area is 158 Å². The number of sulfone groups is 1. The first-order valence-electron chi connectivity index (χ1n) is 9.53. The van der Waals surface area contributed by atoms with Gasteiger partial charge in [0.1, 0.15) is 0 Å². The molecule has 1 fully saturated rings. The smallest absolute Gasteiger partial charge is 0.191 e. The highest BCUT2D eigenvalue weighted by atomic mass is 32.2. The number of nitrogens with one attached hydrogen (secondary N) is 2. The Balaban J connectivity index is 1.80. The van der Waals surface area contributed by atoms with Crippen LogP contribution in [0.2, 0.25) is 0 Å². The molecule has 2 N–H and O–H groups in total. The Kier molecular flexibility index (Phi) is 7.50. The van der Waals surface area contributed by atoms with E-state index in [1.165, 1.54) is 38.4 Å². The summed E-state index contributed by atoms with van der Waals surface area (Å²) in [5.74, 6) is 2.48. The molecule has 1 aliphatic rings. The van der Waals surface area contributed by atoms with Gasteiger partial charge in [0.25, 0.3) is 0 Å². The van der Waals surface area contributed by atoms with Gasteiger partial charge in [0, 0.05) is 26.4 Å². The van der Waals surface area contributed by atoms with E-state index in [2.05, 4.69) is 22.5 Å². The summed E-state index contributed by atoms with van der Waals surface area (Å²) in [4.78, 5) is 4.67. The largest absolute Gasteiger partial charge is 0.356 e. The van der Waals surface area contributed by atoms with Gasteiger partial charge in [-0.15, -0.1) is 0 Å². The summed E-state index contributed by atoms with van der Waals surface area (Å²) >= 11 is 0. The Hall–Kier alpha value is -1.56. The van der Waals surface area contributed by atoms with E-state index >= 15 is 0 Å². The van der Waals surface area contributed by atoms with Crippen LogP contribution in [0, 0.1) is 18.8 Å². The molecule has 2 unspecified atom stereocenters. The van der Waals surface area contributed by atoms with Crippen LogP contribution in [0.4, 0.5) is 0 Å². The van der Waals surface area contributed by atoms with Crippen molar-refractivity contribution in [1.29, 1.82) is 0 Å². The van der Waals surface area contributed by atoms with Crippen LogP contribution in [0.25, 0.3) is 0 Å². The number of hydrogen-bond acceptors (Lipinski definition) is 3. The van der Waals surface area contributed by atoms with E-state index in [9.17, 15) is 8.42 Å². The zero-order chi connectivity index (χ0) is 19.2. The van der Waals surface area contributed by atoms with E-state index in [0.29, 0.717) is 11.4 Å². The number of aryl methyl sites for hydroxylation is 1. The van der Waals surface area contributed by atoms with Crippen LogP contribution in [0.1, 0.15) is 50.2 Å². The van der Waals surface area contributed by atoms with E-state index in [1.54, 1.807) is 13.1 Å². The fourth-order valence-corrected chi connectivity index (χ4v) is 4.82. The maximum absolute atomic E-state index is 11.7. The Morgan fingerprint density at radius 2 is 2.04 bits per heavy atom. The molecule has 0 aliphatic heterocycles. The average molecular weight is 380 g/mol. The number of hydrogen-bond donors (Lipinski definition) is 2. The fraction of sp³-hybridized carbons (Fsp3) is 0.650. The van der Waals surface area contributed by atoms with Crippen LogP contribution in [0.5, 0.6) is 0 Å². The minimum atomic E-state index is -3.17. The third-order valence-electron chi connectivity index (χ3n) is 5.21. The molecule has 0 bridgehead atoms. The molecule has 1 aliphatic carbocycles. The highest BCUT2D eigenvalue weighted by Crippen LogP contribution is 2.30. The Bertz CT molecular complexity index is 729. The molecular weight excluding hydrogens is 346 g/mol. The van der Waals surface area contributed by atoms with E-state index < -0.39 is 9.84 Å². The van der Waals surface area contributed by atoms with Crippen LogP contribution in [0.3, 0.4) is 0 Å². The summed E-state index contributed by atoms with van der Waals surface area (Å²) in [5.41, 5.74) is 1.82. The first-order valence-corrected chi connectivity index (χ1v) is 11.4. The molecule has 146 valence electrons. The van der Waals surface area contributed by atoms with Gasteiger partial charge in [-0.25, -0.2) is 8.42 Å². The second kappa shape index (κ2) is 9.40.